The molecule has 3 N–H and O–H groups in total. The van der Waals surface area contributed by atoms with Gasteiger partial charge in [-0.2, -0.15) is 0 Å². The number of ether oxygens (including phenoxy) is 1. The third-order valence-corrected chi connectivity index (χ3v) is 4.55. The Morgan fingerprint density at radius 3 is 2.71 bits per heavy atom. The number of guanidine groups is 1. The lowest BCUT2D eigenvalue weighted by Crippen LogP contribution is -2.43. The van der Waals surface area contributed by atoms with Gasteiger partial charge < -0.3 is 20.7 Å². The van der Waals surface area contributed by atoms with Crippen LogP contribution in [-0.2, 0) is 11.2 Å². The number of carbonyl (C=O) groups excluding carboxylic acids is 1. The molecule has 28 heavy (non-hydrogen) atoms. The van der Waals surface area contributed by atoms with Gasteiger partial charge in [0.05, 0.1) is 0 Å². The molecule has 1 unspecified atom stereocenters. The number of nitrogens with one attached hydrogen (secondary N) is 1. The molecule has 1 fully saturated rings. The molecule has 1 saturated heterocycles. The van der Waals surface area contributed by atoms with Gasteiger partial charge in [-0.3, -0.25) is 4.99 Å². The van der Waals surface area contributed by atoms with Crippen molar-refractivity contribution in [2.45, 2.75) is 52.1 Å². The topological polar surface area (TPSA) is 80.0 Å². The molecule has 1 aliphatic heterocycles. The molecule has 0 aliphatic carbocycles. The van der Waals surface area contributed by atoms with Crippen molar-refractivity contribution in [1.82, 2.24) is 10.2 Å². The largest absolute Gasteiger partial charge is 0.444 e. The first-order valence-corrected chi connectivity index (χ1v) is 9.89. The maximum atomic E-state index is 12.2. The Bertz CT molecular complexity index is 617. The van der Waals surface area contributed by atoms with Gasteiger partial charge >= 0.3 is 6.09 Å². The fraction of sp³-hybridized carbons (Fsp3) is 0.619. The monoisotopic (exact) mass is 502 g/mol. The van der Waals surface area contributed by atoms with Crippen LogP contribution in [0.2, 0.25) is 0 Å². The summed E-state index contributed by atoms with van der Waals surface area (Å²) in [7, 11) is 0. The van der Waals surface area contributed by atoms with E-state index in [2.05, 4.69) is 22.4 Å². The van der Waals surface area contributed by atoms with Crippen molar-refractivity contribution in [3.63, 3.8) is 0 Å². The predicted molar refractivity (Wildman–Crippen MR) is 125 cm³/mol. The average Bonchev–Trinajstić information content (AvgIpc) is 2.61. The highest BCUT2D eigenvalue weighted by atomic mass is 127. The molecule has 1 aliphatic rings. The van der Waals surface area contributed by atoms with Gasteiger partial charge in [0.25, 0.3) is 0 Å². The van der Waals surface area contributed by atoms with Crippen molar-refractivity contribution in [1.29, 1.82) is 0 Å². The molecule has 1 amide bonds. The maximum absolute atomic E-state index is 12.2. The molecule has 0 spiro atoms. The Labute approximate surface area is 186 Å². The van der Waals surface area contributed by atoms with Crippen molar-refractivity contribution in [3.8, 4) is 0 Å². The summed E-state index contributed by atoms with van der Waals surface area (Å²) >= 11 is 0. The Kier molecular flexibility index (Phi) is 10.6. The molecule has 2 rings (SSSR count). The van der Waals surface area contributed by atoms with Crippen LogP contribution in [0.5, 0.6) is 0 Å². The first kappa shape index (κ1) is 24.5. The molecule has 0 bridgehead atoms. The van der Waals surface area contributed by atoms with Crippen LogP contribution in [0, 0.1) is 5.92 Å². The number of benzene rings is 1. The van der Waals surface area contributed by atoms with E-state index in [1.165, 1.54) is 5.56 Å². The van der Waals surface area contributed by atoms with E-state index in [1.54, 1.807) is 0 Å². The zero-order valence-corrected chi connectivity index (χ0v) is 19.6. The van der Waals surface area contributed by atoms with E-state index in [4.69, 9.17) is 10.5 Å². The summed E-state index contributed by atoms with van der Waals surface area (Å²) in [6.45, 7) is 8.66. The quantitative estimate of drug-likeness (QED) is 0.353. The minimum atomic E-state index is -0.450. The lowest BCUT2D eigenvalue weighted by Gasteiger charge is -2.34. The molecule has 1 heterocycles. The van der Waals surface area contributed by atoms with Crippen molar-refractivity contribution in [2.24, 2.45) is 16.6 Å². The number of halogens is 1. The van der Waals surface area contributed by atoms with Crippen LogP contribution in [0.25, 0.3) is 0 Å². The second-order valence-electron chi connectivity index (χ2n) is 8.15. The van der Waals surface area contributed by atoms with Gasteiger partial charge in [0.2, 0.25) is 0 Å². The normalized spacial score (nSPS) is 17.6. The molecular formula is C21H35IN4O2. The first-order chi connectivity index (χ1) is 12.8. The lowest BCUT2D eigenvalue weighted by molar-refractivity contribution is 0.0163. The van der Waals surface area contributed by atoms with E-state index in [9.17, 15) is 4.79 Å². The molecule has 7 heteroatoms. The molecule has 0 aromatic heterocycles. The zero-order chi connectivity index (χ0) is 19.7. The van der Waals surface area contributed by atoms with Gasteiger partial charge in [-0.1, -0.05) is 30.3 Å². The molecule has 1 atom stereocenters. The summed E-state index contributed by atoms with van der Waals surface area (Å²) in [4.78, 5) is 18.5. The van der Waals surface area contributed by atoms with Crippen LogP contribution in [0.3, 0.4) is 0 Å². The zero-order valence-electron chi connectivity index (χ0n) is 17.3. The smallest absolute Gasteiger partial charge is 0.410 e. The standard InChI is InChI=1S/C21H34N4O2.HI/c1-21(2,3)27-20(26)25-15-7-10-18(16-25)12-14-24-19(22)23-13-11-17-8-5-4-6-9-17;/h4-6,8-9,18H,7,10-16H2,1-3H3,(H3,22,23,24);1H. The predicted octanol–water partition coefficient (Wildman–Crippen LogP) is 3.79. The van der Waals surface area contributed by atoms with Gasteiger partial charge in [-0.25, -0.2) is 4.79 Å². The maximum Gasteiger partial charge on any atom is 0.410 e. The SMILES string of the molecule is CC(C)(C)OC(=O)N1CCCC(CCN=C(N)NCCc2ccccc2)C1.I. The summed E-state index contributed by atoms with van der Waals surface area (Å²) in [6, 6.07) is 10.3. The number of rotatable bonds is 6. The first-order valence-electron chi connectivity index (χ1n) is 9.89. The van der Waals surface area contributed by atoms with Crippen LogP contribution in [0.4, 0.5) is 4.79 Å². The summed E-state index contributed by atoms with van der Waals surface area (Å²) in [5.74, 6) is 0.942. The fourth-order valence-electron chi connectivity index (χ4n) is 3.20. The minimum absolute atomic E-state index is 0. The van der Waals surface area contributed by atoms with E-state index in [0.717, 1.165) is 45.3 Å². The number of aliphatic imine (C=N–C) groups is 1. The summed E-state index contributed by atoms with van der Waals surface area (Å²) in [5.41, 5.74) is 6.78. The number of hydrogen-bond acceptors (Lipinski definition) is 3. The molecule has 158 valence electrons. The Morgan fingerprint density at radius 2 is 2.04 bits per heavy atom. The van der Waals surface area contributed by atoms with Gasteiger partial charge in [-0.05, 0) is 57.9 Å². The highest BCUT2D eigenvalue weighted by molar-refractivity contribution is 14.0. The second-order valence-corrected chi connectivity index (χ2v) is 8.15. The molecule has 6 nitrogen and oxygen atoms in total. The molecule has 0 saturated carbocycles. The number of carbonyl (C=O) groups is 1. The van der Waals surface area contributed by atoms with Crippen LogP contribution < -0.4 is 11.1 Å². The third-order valence-electron chi connectivity index (χ3n) is 4.55. The van der Waals surface area contributed by atoms with Gasteiger partial charge in [-0.15, -0.1) is 24.0 Å². The van der Waals surface area contributed by atoms with Crippen LogP contribution in [0.1, 0.15) is 45.6 Å². The lowest BCUT2D eigenvalue weighted by atomic mass is 9.95. The summed E-state index contributed by atoms with van der Waals surface area (Å²) in [6.07, 6.45) is 3.78. The highest BCUT2D eigenvalue weighted by Gasteiger charge is 2.27. The van der Waals surface area contributed by atoms with E-state index < -0.39 is 5.60 Å². The molecule has 1 aromatic rings. The van der Waals surface area contributed by atoms with Crippen molar-refractivity contribution >= 4 is 36.0 Å². The van der Waals surface area contributed by atoms with Crippen molar-refractivity contribution < 1.29 is 9.53 Å². The van der Waals surface area contributed by atoms with E-state index in [0.29, 0.717) is 18.4 Å². The third kappa shape index (κ3) is 9.61. The number of nitrogens with zero attached hydrogens (tertiary/aromatic N) is 2. The number of piperidine rings is 1. The second kappa shape index (κ2) is 12.1. The minimum Gasteiger partial charge on any atom is -0.444 e. The van der Waals surface area contributed by atoms with Gasteiger partial charge in [0, 0.05) is 26.2 Å². The fourth-order valence-corrected chi connectivity index (χ4v) is 3.20. The Balaban J connectivity index is 0.00000392. The molecule has 0 radical (unpaired) electrons. The average molecular weight is 502 g/mol. The molecular weight excluding hydrogens is 467 g/mol. The number of amides is 1. The Hall–Kier alpha value is -1.51. The van der Waals surface area contributed by atoms with Crippen molar-refractivity contribution in [2.75, 3.05) is 26.2 Å². The van der Waals surface area contributed by atoms with Gasteiger partial charge in [0.15, 0.2) is 5.96 Å². The van der Waals surface area contributed by atoms with Crippen LogP contribution >= 0.6 is 24.0 Å². The van der Waals surface area contributed by atoms with E-state index >= 15 is 0 Å². The number of nitrogens with two attached hydrogens (primary N) is 1. The van der Waals surface area contributed by atoms with Crippen molar-refractivity contribution in [3.05, 3.63) is 35.9 Å². The summed E-state index contributed by atoms with van der Waals surface area (Å²) in [5, 5.41) is 3.16. The van der Waals surface area contributed by atoms with Crippen LogP contribution in [0.15, 0.2) is 35.3 Å². The van der Waals surface area contributed by atoms with E-state index in [-0.39, 0.29) is 30.1 Å². The Morgan fingerprint density at radius 1 is 1.32 bits per heavy atom. The summed E-state index contributed by atoms with van der Waals surface area (Å²) < 4.78 is 5.48. The van der Waals surface area contributed by atoms with Crippen LogP contribution in [-0.4, -0.2) is 48.7 Å². The van der Waals surface area contributed by atoms with E-state index in [1.807, 2.05) is 43.9 Å². The number of likely N-dealkylation sites (tertiary alicyclic amines) is 1. The molecule has 1 aromatic carbocycles. The highest BCUT2D eigenvalue weighted by Crippen LogP contribution is 2.21. The number of hydrogen-bond donors (Lipinski definition) is 2. The van der Waals surface area contributed by atoms with Gasteiger partial charge in [0.1, 0.15) is 5.60 Å².